The molecule has 1 unspecified atom stereocenters. The first-order valence-electron chi connectivity index (χ1n) is 6.25. The molecule has 1 N–H and O–H groups in total. The summed E-state index contributed by atoms with van der Waals surface area (Å²) in [5.41, 5.74) is 1.56. The molecular weight excluding hydrogens is 246 g/mol. The zero-order chi connectivity index (χ0) is 14.0. The molecule has 19 heavy (non-hydrogen) atoms. The van der Waals surface area contributed by atoms with Gasteiger partial charge in [0.05, 0.1) is 6.10 Å². The molecule has 102 valence electrons. The number of fused-ring (bicyclic) bond motifs is 1. The molecule has 0 fully saturated rings. The summed E-state index contributed by atoms with van der Waals surface area (Å²) in [7, 11) is 0. The molecule has 1 aliphatic heterocycles. The first-order valence-corrected chi connectivity index (χ1v) is 6.25. The first kappa shape index (κ1) is 13.5. The van der Waals surface area contributed by atoms with E-state index in [1.807, 2.05) is 26.0 Å². The Morgan fingerprint density at radius 1 is 1.42 bits per heavy atom. The van der Waals surface area contributed by atoms with Gasteiger partial charge in [-0.15, -0.1) is 0 Å². The van der Waals surface area contributed by atoms with E-state index in [1.54, 1.807) is 12.1 Å². The number of aliphatic carboxylic acids is 1. The molecule has 5 nitrogen and oxygen atoms in total. The van der Waals surface area contributed by atoms with Gasteiger partial charge in [-0.25, -0.2) is 4.79 Å². The van der Waals surface area contributed by atoms with E-state index in [0.717, 1.165) is 5.56 Å². The number of rotatable bonds is 4. The molecule has 0 saturated carbocycles. The third kappa shape index (κ3) is 2.76. The second-order valence-corrected chi connectivity index (χ2v) is 4.81. The maximum absolute atomic E-state index is 12.2. The number of amides is 1. The highest BCUT2D eigenvalue weighted by atomic mass is 16.5. The van der Waals surface area contributed by atoms with Crippen molar-refractivity contribution in [2.24, 2.45) is 0 Å². The van der Waals surface area contributed by atoms with Gasteiger partial charge in [0, 0.05) is 12.1 Å². The average molecular weight is 263 g/mol. The van der Waals surface area contributed by atoms with Crippen molar-refractivity contribution in [2.45, 2.75) is 32.4 Å². The molecule has 0 bridgehead atoms. The topological polar surface area (TPSA) is 66.8 Å². The van der Waals surface area contributed by atoms with Gasteiger partial charge < -0.3 is 9.84 Å². The Hall–Kier alpha value is -1.88. The van der Waals surface area contributed by atoms with Gasteiger partial charge in [-0.3, -0.25) is 9.69 Å². The first-order chi connectivity index (χ1) is 9.00. The van der Waals surface area contributed by atoms with Crippen LogP contribution >= 0.6 is 0 Å². The normalized spacial score (nSPS) is 17.6. The highest BCUT2D eigenvalue weighted by Gasteiger charge is 2.38. The van der Waals surface area contributed by atoms with E-state index >= 15 is 0 Å². The number of carboxylic acid groups (broad SMARTS) is 1. The Labute approximate surface area is 111 Å². The minimum atomic E-state index is -0.992. The number of hydrogen-bond donors (Lipinski definition) is 1. The number of nitrogens with zero attached hydrogens (tertiary/aromatic N) is 1. The molecule has 1 amide bonds. The lowest BCUT2D eigenvalue weighted by molar-refractivity contribution is -0.140. The summed E-state index contributed by atoms with van der Waals surface area (Å²) in [5.74, 6) is -1.31. The summed E-state index contributed by atoms with van der Waals surface area (Å²) in [4.78, 5) is 24.8. The molecule has 0 aromatic heterocycles. The molecule has 1 aromatic rings. The van der Waals surface area contributed by atoms with Gasteiger partial charge in [-0.1, -0.05) is 18.2 Å². The fraction of sp³-hybridized carbons (Fsp3) is 0.429. The van der Waals surface area contributed by atoms with Gasteiger partial charge in [0.25, 0.3) is 5.91 Å². The average Bonchev–Trinajstić information content (AvgIpc) is 2.75. The maximum Gasteiger partial charge on any atom is 0.327 e. The Morgan fingerprint density at radius 2 is 2.11 bits per heavy atom. The van der Waals surface area contributed by atoms with E-state index < -0.39 is 12.0 Å². The lowest BCUT2D eigenvalue weighted by Crippen LogP contribution is -2.44. The fourth-order valence-electron chi connectivity index (χ4n) is 2.20. The third-order valence-corrected chi connectivity index (χ3v) is 3.07. The van der Waals surface area contributed by atoms with Gasteiger partial charge in [0.15, 0.2) is 0 Å². The minimum absolute atomic E-state index is 0.0647. The quantitative estimate of drug-likeness (QED) is 0.893. The Morgan fingerprint density at radius 3 is 2.74 bits per heavy atom. The number of carboxylic acids is 1. The predicted molar refractivity (Wildman–Crippen MR) is 70.1 cm³/mol. The van der Waals surface area contributed by atoms with Crippen LogP contribution in [0.1, 0.15) is 19.4 Å². The summed E-state index contributed by atoms with van der Waals surface area (Å²) >= 11 is 0. The monoisotopic (exact) mass is 263 g/mol. The van der Waals surface area contributed by atoms with Crippen LogP contribution in [0.5, 0.6) is 0 Å². The summed E-state index contributed by atoms with van der Waals surface area (Å²) in [6.07, 6.45) is 0.281. The standard InChI is InChI=1S/C14H17NO4/c1-9(2)19-8-13(16)15-11-6-4-3-5-10(11)7-12(15)14(17)18/h3-6,9,12H,7-8H2,1-2H3,(H,17,18). The van der Waals surface area contributed by atoms with Crippen LogP contribution in [-0.4, -0.2) is 35.7 Å². The van der Waals surface area contributed by atoms with Crippen molar-refractivity contribution < 1.29 is 19.4 Å². The molecule has 2 rings (SSSR count). The second kappa shape index (κ2) is 5.40. The number of para-hydroxylation sites is 1. The molecule has 1 aromatic carbocycles. The highest BCUT2D eigenvalue weighted by molar-refractivity contribution is 6.02. The molecule has 1 aliphatic rings. The molecule has 0 radical (unpaired) electrons. The third-order valence-electron chi connectivity index (χ3n) is 3.07. The number of anilines is 1. The largest absolute Gasteiger partial charge is 0.480 e. The van der Waals surface area contributed by atoms with Crippen LogP contribution in [0.3, 0.4) is 0 Å². The van der Waals surface area contributed by atoms with Crippen LogP contribution in [0.25, 0.3) is 0 Å². The van der Waals surface area contributed by atoms with Crippen molar-refractivity contribution in [1.29, 1.82) is 0 Å². The minimum Gasteiger partial charge on any atom is -0.480 e. The number of carbonyl (C=O) groups is 2. The molecule has 0 aliphatic carbocycles. The van der Waals surface area contributed by atoms with Crippen LogP contribution in [0.4, 0.5) is 5.69 Å². The smallest absolute Gasteiger partial charge is 0.327 e. The fourth-order valence-corrected chi connectivity index (χ4v) is 2.20. The Bertz CT molecular complexity index is 498. The molecular formula is C14H17NO4. The lowest BCUT2D eigenvalue weighted by Gasteiger charge is -2.23. The molecule has 1 atom stereocenters. The predicted octanol–water partition coefficient (Wildman–Crippen LogP) is 1.45. The van der Waals surface area contributed by atoms with Crippen LogP contribution < -0.4 is 4.90 Å². The Balaban J connectivity index is 2.24. The molecule has 0 spiro atoms. The van der Waals surface area contributed by atoms with Gasteiger partial charge in [-0.05, 0) is 25.5 Å². The van der Waals surface area contributed by atoms with Crippen LogP contribution in [0.15, 0.2) is 24.3 Å². The van der Waals surface area contributed by atoms with Crippen molar-refractivity contribution in [1.82, 2.24) is 0 Å². The van der Waals surface area contributed by atoms with Crippen molar-refractivity contribution in [2.75, 3.05) is 11.5 Å². The van der Waals surface area contributed by atoms with Gasteiger partial charge in [0.1, 0.15) is 12.6 Å². The lowest BCUT2D eigenvalue weighted by atomic mass is 10.1. The van der Waals surface area contributed by atoms with Crippen LogP contribution in [0, 0.1) is 0 Å². The van der Waals surface area contributed by atoms with Crippen LogP contribution in [0.2, 0.25) is 0 Å². The van der Waals surface area contributed by atoms with E-state index in [-0.39, 0.29) is 18.6 Å². The number of hydrogen-bond acceptors (Lipinski definition) is 3. The molecule has 0 saturated heterocycles. The SMILES string of the molecule is CC(C)OCC(=O)N1c2ccccc2CC1C(=O)O. The molecule has 1 heterocycles. The summed E-state index contributed by atoms with van der Waals surface area (Å²) in [5, 5.41) is 9.25. The highest BCUT2D eigenvalue weighted by Crippen LogP contribution is 2.32. The van der Waals surface area contributed by atoms with E-state index in [0.29, 0.717) is 12.1 Å². The van der Waals surface area contributed by atoms with E-state index in [4.69, 9.17) is 4.74 Å². The van der Waals surface area contributed by atoms with Crippen LogP contribution in [-0.2, 0) is 20.7 Å². The van der Waals surface area contributed by atoms with Crippen molar-refractivity contribution in [3.05, 3.63) is 29.8 Å². The van der Waals surface area contributed by atoms with E-state index in [2.05, 4.69) is 0 Å². The van der Waals surface area contributed by atoms with Crippen molar-refractivity contribution >= 4 is 17.6 Å². The van der Waals surface area contributed by atoms with Crippen molar-refractivity contribution in [3.63, 3.8) is 0 Å². The summed E-state index contributed by atoms with van der Waals surface area (Å²) < 4.78 is 5.27. The zero-order valence-electron chi connectivity index (χ0n) is 11.0. The number of carbonyl (C=O) groups excluding carboxylic acids is 1. The summed E-state index contributed by atoms with van der Waals surface area (Å²) in [6, 6.07) is 6.43. The second-order valence-electron chi connectivity index (χ2n) is 4.81. The van der Waals surface area contributed by atoms with E-state index in [9.17, 15) is 14.7 Å². The van der Waals surface area contributed by atoms with Gasteiger partial charge in [0.2, 0.25) is 0 Å². The van der Waals surface area contributed by atoms with Crippen molar-refractivity contribution in [3.8, 4) is 0 Å². The van der Waals surface area contributed by atoms with E-state index in [1.165, 1.54) is 4.90 Å². The molecule has 5 heteroatoms. The van der Waals surface area contributed by atoms with Gasteiger partial charge >= 0.3 is 5.97 Å². The maximum atomic E-state index is 12.2. The van der Waals surface area contributed by atoms with Gasteiger partial charge in [-0.2, -0.15) is 0 Å². The number of benzene rings is 1. The Kier molecular flexibility index (Phi) is 3.85. The zero-order valence-corrected chi connectivity index (χ0v) is 11.0. The number of ether oxygens (including phenoxy) is 1. The summed E-state index contributed by atoms with van der Waals surface area (Å²) in [6.45, 7) is 3.57.